The molecule has 0 atom stereocenters. The highest BCUT2D eigenvalue weighted by atomic mass is 16.5. The number of likely N-dealkylation sites (N-methyl/N-ethyl adjacent to an activating group) is 1. The van der Waals surface area contributed by atoms with Crippen LogP contribution in [0.1, 0.15) is 19.7 Å². The van der Waals surface area contributed by atoms with Gasteiger partial charge in [0.25, 0.3) is 0 Å². The van der Waals surface area contributed by atoms with E-state index in [-0.39, 0.29) is 0 Å². The first-order chi connectivity index (χ1) is 10.2. The number of nitrogens with zero attached hydrogens (tertiary/aromatic N) is 5. The molecule has 0 spiro atoms. The van der Waals surface area contributed by atoms with Crippen molar-refractivity contribution in [2.75, 3.05) is 38.7 Å². The molecule has 7 nitrogen and oxygen atoms in total. The molecule has 0 aliphatic heterocycles. The fraction of sp³-hybridized carbons (Fsp3) is 0.643. The van der Waals surface area contributed by atoms with Gasteiger partial charge < -0.3 is 10.1 Å². The monoisotopic (exact) mass is 292 g/mol. The van der Waals surface area contributed by atoms with Gasteiger partial charge in [0, 0.05) is 26.7 Å². The molecular weight excluding hydrogens is 268 g/mol. The van der Waals surface area contributed by atoms with Crippen molar-refractivity contribution in [3.05, 3.63) is 12.0 Å². The fourth-order valence-electron chi connectivity index (χ4n) is 2.13. The predicted molar refractivity (Wildman–Crippen MR) is 83.3 cm³/mol. The third kappa shape index (κ3) is 3.89. The van der Waals surface area contributed by atoms with Crippen LogP contribution < -0.4 is 5.32 Å². The first-order valence-electron chi connectivity index (χ1n) is 7.34. The molecule has 2 aromatic heterocycles. The molecule has 2 heterocycles. The van der Waals surface area contributed by atoms with Crippen LogP contribution in [-0.2, 0) is 18.3 Å². The van der Waals surface area contributed by atoms with Gasteiger partial charge in [0.1, 0.15) is 11.6 Å². The lowest BCUT2D eigenvalue weighted by Gasteiger charge is -2.16. The summed E-state index contributed by atoms with van der Waals surface area (Å²) >= 11 is 0. The molecule has 0 fully saturated rings. The SMILES string of the molecule is CCNc1nc(CN(C)CCOCC)nc2c1cnn2C. The van der Waals surface area contributed by atoms with Gasteiger partial charge in [-0.05, 0) is 20.9 Å². The van der Waals surface area contributed by atoms with Gasteiger partial charge in [-0.1, -0.05) is 0 Å². The van der Waals surface area contributed by atoms with Gasteiger partial charge in [-0.2, -0.15) is 5.10 Å². The first kappa shape index (κ1) is 15.7. The van der Waals surface area contributed by atoms with Gasteiger partial charge in [-0.3, -0.25) is 9.58 Å². The zero-order valence-corrected chi connectivity index (χ0v) is 13.3. The Bertz CT molecular complexity index is 582. The van der Waals surface area contributed by atoms with Gasteiger partial charge in [-0.15, -0.1) is 0 Å². The number of aryl methyl sites for hydroxylation is 1. The normalized spacial score (nSPS) is 11.5. The maximum Gasteiger partial charge on any atom is 0.163 e. The maximum absolute atomic E-state index is 5.37. The molecular formula is C14H24N6O. The molecule has 7 heteroatoms. The topological polar surface area (TPSA) is 68.1 Å². The van der Waals surface area contributed by atoms with E-state index in [1.807, 2.05) is 21.0 Å². The fourth-order valence-corrected chi connectivity index (χ4v) is 2.13. The Morgan fingerprint density at radius 1 is 1.33 bits per heavy atom. The van der Waals surface area contributed by atoms with Crippen molar-refractivity contribution in [2.24, 2.45) is 7.05 Å². The molecule has 0 aliphatic rings. The van der Waals surface area contributed by atoms with Crippen molar-refractivity contribution < 1.29 is 4.74 Å². The number of rotatable bonds is 8. The maximum atomic E-state index is 5.37. The van der Waals surface area contributed by atoms with Crippen molar-refractivity contribution >= 4 is 16.9 Å². The summed E-state index contributed by atoms with van der Waals surface area (Å²) in [5, 5.41) is 8.50. The number of hydrogen-bond donors (Lipinski definition) is 1. The molecule has 0 bridgehead atoms. The molecule has 21 heavy (non-hydrogen) atoms. The van der Waals surface area contributed by atoms with Gasteiger partial charge >= 0.3 is 0 Å². The van der Waals surface area contributed by atoms with E-state index < -0.39 is 0 Å². The summed E-state index contributed by atoms with van der Waals surface area (Å²) in [6, 6.07) is 0. The summed E-state index contributed by atoms with van der Waals surface area (Å²) < 4.78 is 7.15. The molecule has 0 radical (unpaired) electrons. The summed E-state index contributed by atoms with van der Waals surface area (Å²) in [4.78, 5) is 11.4. The number of fused-ring (bicyclic) bond motifs is 1. The number of ether oxygens (including phenoxy) is 1. The van der Waals surface area contributed by atoms with Gasteiger partial charge in [-0.25, -0.2) is 9.97 Å². The Morgan fingerprint density at radius 2 is 2.14 bits per heavy atom. The average molecular weight is 292 g/mol. The largest absolute Gasteiger partial charge is 0.380 e. The lowest BCUT2D eigenvalue weighted by atomic mass is 10.3. The van der Waals surface area contributed by atoms with Crippen LogP contribution in [0, 0.1) is 0 Å². The second kappa shape index (κ2) is 7.33. The van der Waals surface area contributed by atoms with Crippen LogP contribution in [0.15, 0.2) is 6.20 Å². The molecule has 116 valence electrons. The van der Waals surface area contributed by atoms with E-state index in [9.17, 15) is 0 Å². The van der Waals surface area contributed by atoms with Crippen molar-refractivity contribution in [2.45, 2.75) is 20.4 Å². The Kier molecular flexibility index (Phi) is 5.46. The van der Waals surface area contributed by atoms with E-state index >= 15 is 0 Å². The Balaban J connectivity index is 2.17. The van der Waals surface area contributed by atoms with Crippen molar-refractivity contribution in [1.82, 2.24) is 24.6 Å². The smallest absolute Gasteiger partial charge is 0.163 e. The van der Waals surface area contributed by atoms with Crippen molar-refractivity contribution in [3.8, 4) is 0 Å². The van der Waals surface area contributed by atoms with E-state index in [1.165, 1.54) is 0 Å². The van der Waals surface area contributed by atoms with Gasteiger partial charge in [0.15, 0.2) is 5.65 Å². The van der Waals surface area contributed by atoms with E-state index in [4.69, 9.17) is 4.74 Å². The third-order valence-electron chi connectivity index (χ3n) is 3.22. The van der Waals surface area contributed by atoms with Gasteiger partial charge in [0.2, 0.25) is 0 Å². The molecule has 0 aromatic carbocycles. The zero-order chi connectivity index (χ0) is 15.2. The molecule has 0 saturated heterocycles. The van der Waals surface area contributed by atoms with Gasteiger partial charge in [0.05, 0.1) is 24.7 Å². The summed E-state index contributed by atoms with van der Waals surface area (Å²) in [6.45, 7) is 7.89. The van der Waals surface area contributed by atoms with Crippen LogP contribution in [0.25, 0.3) is 11.0 Å². The van der Waals surface area contributed by atoms with Crippen LogP contribution in [-0.4, -0.2) is 58.0 Å². The van der Waals surface area contributed by atoms with Crippen molar-refractivity contribution in [1.29, 1.82) is 0 Å². The number of hydrogen-bond acceptors (Lipinski definition) is 6. The highest BCUT2D eigenvalue weighted by Crippen LogP contribution is 2.19. The quantitative estimate of drug-likeness (QED) is 0.739. The molecule has 2 aromatic rings. The molecule has 1 N–H and O–H groups in total. The Hall–Kier alpha value is -1.73. The summed E-state index contributed by atoms with van der Waals surface area (Å²) in [6.07, 6.45) is 1.80. The minimum atomic E-state index is 0.687. The average Bonchev–Trinajstić information content (AvgIpc) is 2.81. The second-order valence-electron chi connectivity index (χ2n) is 4.96. The van der Waals surface area contributed by atoms with E-state index in [0.29, 0.717) is 6.54 Å². The van der Waals surface area contributed by atoms with Crippen LogP contribution in [0.5, 0.6) is 0 Å². The summed E-state index contributed by atoms with van der Waals surface area (Å²) in [7, 11) is 3.94. The van der Waals surface area contributed by atoms with Crippen molar-refractivity contribution in [3.63, 3.8) is 0 Å². The highest BCUT2D eigenvalue weighted by molar-refractivity contribution is 5.86. The van der Waals surface area contributed by atoms with E-state index in [1.54, 1.807) is 10.9 Å². The zero-order valence-electron chi connectivity index (χ0n) is 13.3. The number of aromatic nitrogens is 4. The summed E-state index contributed by atoms with van der Waals surface area (Å²) in [5.74, 6) is 1.64. The molecule has 0 amide bonds. The molecule has 0 saturated carbocycles. The van der Waals surface area contributed by atoms with Crippen LogP contribution in [0.3, 0.4) is 0 Å². The minimum Gasteiger partial charge on any atom is -0.380 e. The van der Waals surface area contributed by atoms with Crippen LogP contribution in [0.2, 0.25) is 0 Å². The third-order valence-corrected chi connectivity index (χ3v) is 3.22. The first-order valence-corrected chi connectivity index (χ1v) is 7.34. The number of nitrogens with one attached hydrogen (secondary N) is 1. The standard InChI is InChI=1S/C14H24N6O/c1-5-15-13-11-9-16-20(4)14(11)18-12(17-13)10-19(3)7-8-21-6-2/h9H,5-8,10H2,1-4H3,(H,15,17,18). The lowest BCUT2D eigenvalue weighted by molar-refractivity contribution is 0.119. The van der Waals surface area contributed by atoms with Crippen LogP contribution >= 0.6 is 0 Å². The Labute approximate surface area is 125 Å². The van der Waals surface area contributed by atoms with E-state index in [2.05, 4.69) is 32.2 Å². The van der Waals surface area contributed by atoms with Crippen LogP contribution in [0.4, 0.5) is 5.82 Å². The predicted octanol–water partition coefficient (Wildman–Crippen LogP) is 1.26. The minimum absolute atomic E-state index is 0.687. The molecule has 2 rings (SSSR count). The number of anilines is 1. The Morgan fingerprint density at radius 3 is 2.86 bits per heavy atom. The molecule has 0 unspecified atom stereocenters. The summed E-state index contributed by atoms with van der Waals surface area (Å²) in [5.41, 5.74) is 0.856. The highest BCUT2D eigenvalue weighted by Gasteiger charge is 2.12. The molecule has 0 aliphatic carbocycles. The second-order valence-corrected chi connectivity index (χ2v) is 4.96. The van der Waals surface area contributed by atoms with E-state index in [0.717, 1.165) is 49.0 Å². The lowest BCUT2D eigenvalue weighted by Crippen LogP contribution is -2.24.